The Morgan fingerprint density at radius 3 is 2.12 bits per heavy atom. The number of morpholine rings is 1. The summed E-state index contributed by atoms with van der Waals surface area (Å²) in [6, 6.07) is 1.80. The highest BCUT2D eigenvalue weighted by atomic mass is 16.5. The number of ether oxygens (including phenoxy) is 1. The summed E-state index contributed by atoms with van der Waals surface area (Å²) in [7, 11) is 0. The molecule has 8 nitrogen and oxygen atoms in total. The zero-order valence-corrected chi connectivity index (χ0v) is 14.7. The van der Waals surface area contributed by atoms with Crippen molar-refractivity contribution in [3.8, 4) is 0 Å². The number of H-pyrrole nitrogens is 1. The third-order valence-electron chi connectivity index (χ3n) is 4.70. The summed E-state index contributed by atoms with van der Waals surface area (Å²) in [4.78, 5) is 45.2. The second kappa shape index (κ2) is 7.26. The Balaban J connectivity index is 1.63. The van der Waals surface area contributed by atoms with Crippen molar-refractivity contribution in [2.75, 3.05) is 52.5 Å². The minimum absolute atomic E-state index is 0.000220. The first kappa shape index (κ1) is 17.5. The molecule has 0 aromatic carbocycles. The van der Waals surface area contributed by atoms with Gasteiger partial charge >= 0.3 is 6.03 Å². The molecule has 3 heterocycles. The van der Waals surface area contributed by atoms with Gasteiger partial charge in [-0.1, -0.05) is 0 Å². The fourth-order valence-corrected chi connectivity index (χ4v) is 3.33. The van der Waals surface area contributed by atoms with E-state index < -0.39 is 0 Å². The van der Waals surface area contributed by atoms with E-state index in [9.17, 15) is 14.4 Å². The van der Waals surface area contributed by atoms with E-state index >= 15 is 0 Å². The Morgan fingerprint density at radius 1 is 0.960 bits per heavy atom. The molecule has 1 aromatic rings. The summed E-state index contributed by atoms with van der Waals surface area (Å²) in [6.45, 7) is 7.73. The van der Waals surface area contributed by atoms with Crippen molar-refractivity contribution in [2.45, 2.75) is 13.8 Å². The summed E-state index contributed by atoms with van der Waals surface area (Å²) in [5, 5.41) is 0. The number of carbonyl (C=O) groups is 2. The zero-order valence-electron chi connectivity index (χ0n) is 14.7. The van der Waals surface area contributed by atoms with Gasteiger partial charge in [0.1, 0.15) is 5.56 Å². The predicted octanol–water partition coefficient (Wildman–Crippen LogP) is 0.202. The average molecular weight is 348 g/mol. The monoisotopic (exact) mass is 348 g/mol. The van der Waals surface area contributed by atoms with Crippen molar-refractivity contribution in [3.63, 3.8) is 0 Å². The molecule has 3 rings (SSSR count). The van der Waals surface area contributed by atoms with Crippen LogP contribution in [0.2, 0.25) is 0 Å². The minimum Gasteiger partial charge on any atom is -0.378 e. The lowest BCUT2D eigenvalue weighted by Crippen LogP contribution is -2.56. The molecule has 0 unspecified atom stereocenters. The summed E-state index contributed by atoms with van der Waals surface area (Å²) >= 11 is 0. The number of hydrogen-bond donors (Lipinski definition) is 1. The number of amides is 3. The topological polar surface area (TPSA) is 85.9 Å². The summed E-state index contributed by atoms with van der Waals surface area (Å²) in [6.07, 6.45) is 0. The van der Waals surface area contributed by atoms with Crippen LogP contribution in [0.3, 0.4) is 0 Å². The molecule has 0 spiro atoms. The minimum atomic E-state index is -0.352. The number of urea groups is 1. The largest absolute Gasteiger partial charge is 0.378 e. The van der Waals surface area contributed by atoms with Crippen LogP contribution in [0.4, 0.5) is 4.79 Å². The number of aromatic nitrogens is 1. The Kier molecular flexibility index (Phi) is 5.08. The Bertz CT molecular complexity index is 716. The highest BCUT2D eigenvalue weighted by Gasteiger charge is 2.29. The lowest BCUT2D eigenvalue weighted by atomic mass is 10.1. The molecule has 3 amide bonds. The lowest BCUT2D eigenvalue weighted by molar-refractivity contribution is 0.0362. The normalized spacial score (nSPS) is 18.4. The van der Waals surface area contributed by atoms with Crippen molar-refractivity contribution in [2.24, 2.45) is 0 Å². The van der Waals surface area contributed by atoms with Crippen molar-refractivity contribution in [3.05, 3.63) is 33.2 Å². The fraction of sp³-hybridized carbons (Fsp3) is 0.588. The highest BCUT2D eigenvalue weighted by Crippen LogP contribution is 2.12. The lowest BCUT2D eigenvalue weighted by Gasteiger charge is -2.38. The van der Waals surface area contributed by atoms with Crippen LogP contribution in [-0.4, -0.2) is 84.1 Å². The molecule has 0 aliphatic carbocycles. The summed E-state index contributed by atoms with van der Waals surface area (Å²) < 4.78 is 5.27. The van der Waals surface area contributed by atoms with Gasteiger partial charge in [0.15, 0.2) is 0 Å². The van der Waals surface area contributed by atoms with E-state index in [1.54, 1.807) is 34.6 Å². The number of aryl methyl sites for hydroxylation is 2. The Morgan fingerprint density at radius 2 is 1.52 bits per heavy atom. The van der Waals surface area contributed by atoms with E-state index in [2.05, 4.69) is 4.98 Å². The Labute approximate surface area is 146 Å². The van der Waals surface area contributed by atoms with E-state index in [0.29, 0.717) is 58.0 Å². The van der Waals surface area contributed by atoms with E-state index in [-0.39, 0.29) is 23.1 Å². The van der Waals surface area contributed by atoms with Gasteiger partial charge in [-0.05, 0) is 25.5 Å². The second-order valence-corrected chi connectivity index (χ2v) is 6.50. The summed E-state index contributed by atoms with van der Waals surface area (Å²) in [5.74, 6) is -0.266. The van der Waals surface area contributed by atoms with Gasteiger partial charge in [-0.2, -0.15) is 0 Å². The quantitative estimate of drug-likeness (QED) is 0.786. The molecule has 2 aliphatic rings. The van der Waals surface area contributed by atoms with Crippen molar-refractivity contribution < 1.29 is 14.3 Å². The van der Waals surface area contributed by atoms with Gasteiger partial charge in [0.2, 0.25) is 0 Å². The standard InChI is InChI=1S/C17H24N4O4/c1-12-11-13(2)18-15(22)14(12)16(23)19-3-5-20(6-4-19)17(24)21-7-9-25-10-8-21/h11H,3-10H2,1-2H3,(H,18,22). The molecule has 8 heteroatoms. The van der Waals surface area contributed by atoms with Crippen LogP contribution in [-0.2, 0) is 4.74 Å². The maximum atomic E-state index is 12.7. The van der Waals surface area contributed by atoms with E-state index in [4.69, 9.17) is 4.74 Å². The van der Waals surface area contributed by atoms with Crippen LogP contribution >= 0.6 is 0 Å². The van der Waals surface area contributed by atoms with Gasteiger partial charge in [0.25, 0.3) is 11.5 Å². The van der Waals surface area contributed by atoms with Gasteiger partial charge in [-0.15, -0.1) is 0 Å². The number of aromatic amines is 1. The number of hydrogen-bond acceptors (Lipinski definition) is 4. The molecule has 0 saturated carbocycles. The van der Waals surface area contributed by atoms with E-state index in [0.717, 1.165) is 5.69 Å². The first-order valence-corrected chi connectivity index (χ1v) is 8.59. The maximum absolute atomic E-state index is 12.7. The van der Waals surface area contributed by atoms with Crippen LogP contribution in [0, 0.1) is 13.8 Å². The first-order chi connectivity index (χ1) is 12.0. The molecule has 0 radical (unpaired) electrons. The molecular formula is C17H24N4O4. The van der Waals surface area contributed by atoms with E-state index in [1.165, 1.54) is 0 Å². The molecule has 0 bridgehead atoms. The molecule has 2 saturated heterocycles. The second-order valence-electron chi connectivity index (χ2n) is 6.50. The molecular weight excluding hydrogens is 324 g/mol. The molecule has 25 heavy (non-hydrogen) atoms. The maximum Gasteiger partial charge on any atom is 0.320 e. The first-order valence-electron chi connectivity index (χ1n) is 8.59. The molecule has 1 N–H and O–H groups in total. The van der Waals surface area contributed by atoms with Crippen LogP contribution in [0.5, 0.6) is 0 Å². The van der Waals surface area contributed by atoms with Crippen molar-refractivity contribution in [1.29, 1.82) is 0 Å². The van der Waals surface area contributed by atoms with E-state index in [1.807, 2.05) is 0 Å². The number of nitrogens with one attached hydrogen (secondary N) is 1. The predicted molar refractivity (Wildman–Crippen MR) is 91.8 cm³/mol. The molecule has 1 aromatic heterocycles. The van der Waals surface area contributed by atoms with Crippen LogP contribution in [0.1, 0.15) is 21.6 Å². The smallest absolute Gasteiger partial charge is 0.320 e. The molecule has 2 fully saturated rings. The molecule has 2 aliphatic heterocycles. The number of rotatable bonds is 1. The van der Waals surface area contributed by atoms with Gasteiger partial charge < -0.3 is 24.4 Å². The number of piperazine rings is 1. The SMILES string of the molecule is Cc1cc(C)c(C(=O)N2CCN(C(=O)N3CCOCC3)CC2)c(=O)[nH]1. The third kappa shape index (κ3) is 3.68. The van der Waals surface area contributed by atoms with Crippen molar-refractivity contribution >= 4 is 11.9 Å². The number of nitrogens with zero attached hydrogens (tertiary/aromatic N) is 3. The summed E-state index contributed by atoms with van der Waals surface area (Å²) in [5.41, 5.74) is 1.26. The average Bonchev–Trinajstić information content (AvgIpc) is 2.61. The Hall–Kier alpha value is -2.35. The molecule has 136 valence electrons. The van der Waals surface area contributed by atoms with Gasteiger partial charge in [-0.3, -0.25) is 9.59 Å². The van der Waals surface area contributed by atoms with Gasteiger partial charge in [0, 0.05) is 45.0 Å². The van der Waals surface area contributed by atoms with Gasteiger partial charge in [-0.25, -0.2) is 4.79 Å². The van der Waals surface area contributed by atoms with Crippen LogP contribution in [0.25, 0.3) is 0 Å². The fourth-order valence-electron chi connectivity index (χ4n) is 3.33. The number of carbonyl (C=O) groups excluding carboxylic acids is 2. The molecule has 0 atom stereocenters. The van der Waals surface area contributed by atoms with Gasteiger partial charge in [0.05, 0.1) is 13.2 Å². The third-order valence-corrected chi connectivity index (χ3v) is 4.70. The highest BCUT2D eigenvalue weighted by molar-refractivity contribution is 5.95. The van der Waals surface area contributed by atoms with Crippen LogP contribution < -0.4 is 5.56 Å². The number of pyridine rings is 1. The van der Waals surface area contributed by atoms with Crippen LogP contribution in [0.15, 0.2) is 10.9 Å². The van der Waals surface area contributed by atoms with Crippen molar-refractivity contribution in [1.82, 2.24) is 19.7 Å². The zero-order chi connectivity index (χ0) is 18.0.